The van der Waals surface area contributed by atoms with Crippen LogP contribution in [0.15, 0.2) is 24.3 Å². The minimum Gasteiger partial charge on any atom is -0.389 e. The first-order valence-electron chi connectivity index (χ1n) is 5.46. The second kappa shape index (κ2) is 4.71. The molecule has 1 fully saturated rings. The zero-order valence-electron chi connectivity index (χ0n) is 9.72. The monoisotopic (exact) mass is 249 g/mol. The molecule has 0 radical (unpaired) electrons. The standard InChI is InChI=1S/C12H15N3OS/c1-14-6-7-15(12(14)16)8-9-2-4-10(5-3-9)11(13)17/h2-5H,6-8H2,1H3,(H2,13,17). The fourth-order valence-corrected chi connectivity index (χ4v) is 1.98. The SMILES string of the molecule is CN1CCN(Cc2ccc(C(N)=S)cc2)C1=O. The number of urea groups is 1. The van der Waals surface area contributed by atoms with Crippen molar-refractivity contribution in [1.82, 2.24) is 9.80 Å². The molecule has 2 rings (SSSR count). The molecule has 2 amide bonds. The lowest BCUT2D eigenvalue weighted by Gasteiger charge is -2.16. The molecule has 1 aromatic carbocycles. The third-order valence-corrected chi connectivity index (χ3v) is 3.15. The smallest absolute Gasteiger partial charge is 0.320 e. The third kappa shape index (κ3) is 2.55. The van der Waals surface area contributed by atoms with Crippen LogP contribution in [0.5, 0.6) is 0 Å². The molecule has 2 N–H and O–H groups in total. The number of rotatable bonds is 3. The van der Waals surface area contributed by atoms with Gasteiger partial charge < -0.3 is 15.5 Å². The van der Waals surface area contributed by atoms with E-state index in [0.29, 0.717) is 11.5 Å². The highest BCUT2D eigenvalue weighted by Gasteiger charge is 2.24. The predicted molar refractivity (Wildman–Crippen MR) is 70.8 cm³/mol. The van der Waals surface area contributed by atoms with E-state index in [0.717, 1.165) is 24.2 Å². The summed E-state index contributed by atoms with van der Waals surface area (Å²) in [5.41, 5.74) is 7.47. The van der Waals surface area contributed by atoms with Gasteiger partial charge in [-0.15, -0.1) is 0 Å². The van der Waals surface area contributed by atoms with E-state index in [1.807, 2.05) is 36.2 Å². The lowest BCUT2D eigenvalue weighted by Crippen LogP contribution is -2.28. The number of benzene rings is 1. The van der Waals surface area contributed by atoms with Gasteiger partial charge in [-0.1, -0.05) is 36.5 Å². The Kier molecular flexibility index (Phi) is 3.28. The number of hydrogen-bond donors (Lipinski definition) is 1. The average Bonchev–Trinajstić information content (AvgIpc) is 2.62. The summed E-state index contributed by atoms with van der Waals surface area (Å²) in [7, 11) is 1.82. The Morgan fingerprint density at radius 3 is 2.47 bits per heavy atom. The second-order valence-electron chi connectivity index (χ2n) is 4.19. The van der Waals surface area contributed by atoms with Gasteiger partial charge >= 0.3 is 6.03 Å². The van der Waals surface area contributed by atoms with Crippen LogP contribution in [0, 0.1) is 0 Å². The number of likely N-dealkylation sites (N-methyl/N-ethyl adjacent to an activating group) is 1. The van der Waals surface area contributed by atoms with Crippen molar-refractivity contribution in [1.29, 1.82) is 0 Å². The zero-order valence-corrected chi connectivity index (χ0v) is 10.5. The van der Waals surface area contributed by atoms with Gasteiger partial charge in [-0.3, -0.25) is 0 Å². The van der Waals surface area contributed by atoms with E-state index in [4.69, 9.17) is 18.0 Å². The Morgan fingerprint density at radius 2 is 2.00 bits per heavy atom. The van der Waals surface area contributed by atoms with Gasteiger partial charge in [0.1, 0.15) is 4.99 Å². The summed E-state index contributed by atoms with van der Waals surface area (Å²) in [6, 6.07) is 7.78. The fraction of sp³-hybridized carbons (Fsp3) is 0.333. The minimum absolute atomic E-state index is 0.0865. The van der Waals surface area contributed by atoms with Crippen LogP contribution in [-0.2, 0) is 6.54 Å². The number of carbonyl (C=O) groups is 1. The third-order valence-electron chi connectivity index (χ3n) is 2.91. The van der Waals surface area contributed by atoms with Gasteiger partial charge in [0.05, 0.1) is 0 Å². The van der Waals surface area contributed by atoms with Crippen molar-refractivity contribution in [2.24, 2.45) is 5.73 Å². The number of nitrogens with two attached hydrogens (primary N) is 1. The summed E-state index contributed by atoms with van der Waals surface area (Å²) in [4.78, 5) is 15.6. The highest BCUT2D eigenvalue weighted by Crippen LogP contribution is 2.12. The van der Waals surface area contributed by atoms with E-state index in [-0.39, 0.29) is 6.03 Å². The molecule has 0 unspecified atom stereocenters. The second-order valence-corrected chi connectivity index (χ2v) is 4.63. The van der Waals surface area contributed by atoms with E-state index in [1.54, 1.807) is 4.90 Å². The predicted octanol–water partition coefficient (Wildman–Crippen LogP) is 1.19. The van der Waals surface area contributed by atoms with Crippen molar-refractivity contribution >= 4 is 23.2 Å². The molecule has 1 aromatic rings. The summed E-state index contributed by atoms with van der Waals surface area (Å²) in [5, 5.41) is 0. The van der Waals surface area contributed by atoms with Gasteiger partial charge in [-0.05, 0) is 5.56 Å². The molecule has 0 bridgehead atoms. The Bertz CT molecular complexity index is 444. The van der Waals surface area contributed by atoms with Crippen LogP contribution < -0.4 is 5.73 Å². The maximum absolute atomic E-state index is 11.7. The van der Waals surface area contributed by atoms with Gasteiger partial charge in [-0.2, -0.15) is 0 Å². The van der Waals surface area contributed by atoms with Crippen LogP contribution in [0.1, 0.15) is 11.1 Å². The normalized spacial score (nSPS) is 15.5. The molecule has 0 spiro atoms. The number of thiocarbonyl (C=S) groups is 1. The Hall–Kier alpha value is -1.62. The van der Waals surface area contributed by atoms with Crippen molar-refractivity contribution < 1.29 is 4.79 Å². The lowest BCUT2D eigenvalue weighted by atomic mass is 10.1. The van der Waals surface area contributed by atoms with Crippen LogP contribution in [0.2, 0.25) is 0 Å². The number of nitrogens with zero attached hydrogens (tertiary/aromatic N) is 2. The van der Waals surface area contributed by atoms with Crippen LogP contribution in [0.4, 0.5) is 4.79 Å². The van der Waals surface area contributed by atoms with Crippen LogP contribution in [0.25, 0.3) is 0 Å². The molecule has 1 aliphatic heterocycles. The van der Waals surface area contributed by atoms with Crippen molar-refractivity contribution in [3.05, 3.63) is 35.4 Å². The molecule has 4 nitrogen and oxygen atoms in total. The van der Waals surface area contributed by atoms with Gasteiger partial charge in [0.2, 0.25) is 0 Å². The summed E-state index contributed by atoms with van der Waals surface area (Å²) < 4.78 is 0. The molecule has 1 heterocycles. The maximum Gasteiger partial charge on any atom is 0.320 e. The summed E-state index contributed by atoms with van der Waals surface area (Å²) >= 11 is 4.89. The van der Waals surface area contributed by atoms with E-state index >= 15 is 0 Å². The van der Waals surface area contributed by atoms with Gasteiger partial charge in [-0.25, -0.2) is 4.79 Å². The topological polar surface area (TPSA) is 49.6 Å². The van der Waals surface area contributed by atoms with Crippen LogP contribution in [0.3, 0.4) is 0 Å². The molecule has 0 aliphatic carbocycles. The first kappa shape index (κ1) is 11.9. The van der Waals surface area contributed by atoms with E-state index in [1.165, 1.54) is 0 Å². The lowest BCUT2D eigenvalue weighted by molar-refractivity contribution is 0.197. The molecular formula is C12H15N3OS. The first-order valence-corrected chi connectivity index (χ1v) is 5.87. The van der Waals surface area contributed by atoms with Crippen LogP contribution >= 0.6 is 12.2 Å². The van der Waals surface area contributed by atoms with Crippen molar-refractivity contribution in [2.45, 2.75) is 6.54 Å². The van der Waals surface area contributed by atoms with E-state index in [9.17, 15) is 4.79 Å². The van der Waals surface area contributed by atoms with Crippen molar-refractivity contribution in [3.63, 3.8) is 0 Å². The Morgan fingerprint density at radius 1 is 1.35 bits per heavy atom. The average molecular weight is 249 g/mol. The van der Waals surface area contributed by atoms with Gasteiger partial charge in [0.15, 0.2) is 0 Å². The fourth-order valence-electron chi connectivity index (χ4n) is 1.84. The Labute approximate surface area is 106 Å². The number of amides is 2. The molecule has 1 aliphatic rings. The summed E-state index contributed by atoms with van der Waals surface area (Å²) in [6.07, 6.45) is 0. The Balaban J connectivity index is 2.04. The van der Waals surface area contributed by atoms with Crippen LogP contribution in [-0.4, -0.2) is 41.0 Å². The quantitative estimate of drug-likeness (QED) is 0.819. The molecule has 0 atom stereocenters. The van der Waals surface area contributed by atoms with Crippen molar-refractivity contribution in [2.75, 3.05) is 20.1 Å². The number of carbonyl (C=O) groups excluding carboxylic acids is 1. The van der Waals surface area contributed by atoms with E-state index < -0.39 is 0 Å². The minimum atomic E-state index is 0.0865. The molecule has 1 saturated heterocycles. The molecule has 90 valence electrons. The zero-order chi connectivity index (χ0) is 12.4. The highest BCUT2D eigenvalue weighted by atomic mass is 32.1. The molecule has 5 heteroatoms. The van der Waals surface area contributed by atoms with E-state index in [2.05, 4.69) is 0 Å². The van der Waals surface area contributed by atoms with Gasteiger partial charge in [0, 0.05) is 32.2 Å². The first-order chi connectivity index (χ1) is 8.08. The maximum atomic E-state index is 11.7. The molecular weight excluding hydrogens is 234 g/mol. The summed E-state index contributed by atoms with van der Waals surface area (Å²) in [5.74, 6) is 0. The molecule has 0 aromatic heterocycles. The van der Waals surface area contributed by atoms with Crippen molar-refractivity contribution in [3.8, 4) is 0 Å². The molecule has 17 heavy (non-hydrogen) atoms. The molecule has 0 saturated carbocycles. The highest BCUT2D eigenvalue weighted by molar-refractivity contribution is 7.80. The largest absolute Gasteiger partial charge is 0.389 e. The summed E-state index contributed by atoms with van der Waals surface area (Å²) in [6.45, 7) is 2.22. The number of hydrogen-bond acceptors (Lipinski definition) is 2. The van der Waals surface area contributed by atoms with Gasteiger partial charge in [0.25, 0.3) is 0 Å².